The predicted molar refractivity (Wildman–Crippen MR) is 66.8 cm³/mol. The molecule has 1 aliphatic rings. The topological polar surface area (TPSA) is 49.5 Å². The second kappa shape index (κ2) is 4.68. The summed E-state index contributed by atoms with van der Waals surface area (Å²) in [6, 6.07) is 3.58. The van der Waals surface area contributed by atoms with Gasteiger partial charge >= 0.3 is 6.18 Å². The summed E-state index contributed by atoms with van der Waals surface area (Å²) < 4.78 is 37.9. The first-order chi connectivity index (χ1) is 8.73. The summed E-state index contributed by atoms with van der Waals surface area (Å²) in [6.07, 6.45) is -3.77. The van der Waals surface area contributed by atoms with E-state index in [4.69, 9.17) is 5.73 Å². The molecule has 0 bridgehead atoms. The standard InChI is InChI=1S/C13H17F3N2O/c1-12(19)4-5-18(8-12)11-3-2-10(13(14,15)16)6-9(11)7-17/h2-3,6,19H,4-5,7-8,17H2,1H3. The van der Waals surface area contributed by atoms with Crippen molar-refractivity contribution >= 4 is 5.69 Å². The van der Waals surface area contributed by atoms with Crippen LogP contribution in [0.25, 0.3) is 0 Å². The molecule has 19 heavy (non-hydrogen) atoms. The number of hydrogen-bond acceptors (Lipinski definition) is 3. The number of benzene rings is 1. The smallest absolute Gasteiger partial charge is 0.388 e. The van der Waals surface area contributed by atoms with Crippen LogP contribution in [0.5, 0.6) is 0 Å². The van der Waals surface area contributed by atoms with Crippen LogP contribution in [0, 0.1) is 0 Å². The lowest BCUT2D eigenvalue weighted by molar-refractivity contribution is -0.137. The lowest BCUT2D eigenvalue weighted by Crippen LogP contribution is -2.30. The molecule has 1 saturated heterocycles. The van der Waals surface area contributed by atoms with E-state index in [9.17, 15) is 18.3 Å². The third kappa shape index (κ3) is 3.01. The van der Waals surface area contributed by atoms with Gasteiger partial charge in [0.1, 0.15) is 0 Å². The van der Waals surface area contributed by atoms with E-state index in [1.807, 2.05) is 4.90 Å². The van der Waals surface area contributed by atoms with Gasteiger partial charge in [-0.05, 0) is 37.1 Å². The molecule has 6 heteroatoms. The Morgan fingerprint density at radius 2 is 2.11 bits per heavy atom. The minimum atomic E-state index is -4.36. The van der Waals surface area contributed by atoms with Gasteiger partial charge in [0.25, 0.3) is 0 Å². The van der Waals surface area contributed by atoms with Crippen LogP contribution in [0.15, 0.2) is 18.2 Å². The zero-order chi connectivity index (χ0) is 14.3. The summed E-state index contributed by atoms with van der Waals surface area (Å²) in [5.74, 6) is 0. The third-order valence-corrected chi connectivity index (χ3v) is 3.42. The fourth-order valence-corrected chi connectivity index (χ4v) is 2.38. The number of rotatable bonds is 2. The van der Waals surface area contributed by atoms with E-state index in [2.05, 4.69) is 0 Å². The van der Waals surface area contributed by atoms with Crippen LogP contribution in [0.3, 0.4) is 0 Å². The molecule has 1 unspecified atom stereocenters. The van der Waals surface area contributed by atoms with Gasteiger partial charge in [-0.15, -0.1) is 0 Å². The predicted octanol–water partition coefficient (Wildman–Crippen LogP) is 2.13. The normalized spacial score (nSPS) is 24.0. The minimum Gasteiger partial charge on any atom is -0.388 e. The van der Waals surface area contributed by atoms with Crippen molar-refractivity contribution in [2.24, 2.45) is 5.73 Å². The van der Waals surface area contributed by atoms with Gasteiger partial charge in [-0.2, -0.15) is 13.2 Å². The summed E-state index contributed by atoms with van der Waals surface area (Å²) in [5.41, 5.74) is 5.18. The second-order valence-electron chi connectivity index (χ2n) is 5.21. The zero-order valence-corrected chi connectivity index (χ0v) is 10.7. The Morgan fingerprint density at radius 3 is 2.58 bits per heavy atom. The summed E-state index contributed by atoms with van der Waals surface area (Å²) in [7, 11) is 0. The van der Waals surface area contributed by atoms with Crippen LogP contribution in [0.1, 0.15) is 24.5 Å². The highest BCUT2D eigenvalue weighted by Gasteiger charge is 2.34. The average Bonchev–Trinajstić information content (AvgIpc) is 2.67. The van der Waals surface area contributed by atoms with Crippen molar-refractivity contribution in [1.82, 2.24) is 0 Å². The number of halogens is 3. The zero-order valence-electron chi connectivity index (χ0n) is 10.7. The number of β-amino-alcohol motifs (C(OH)–C–C–N with tert-alkyl or cyclic N) is 1. The fraction of sp³-hybridized carbons (Fsp3) is 0.538. The van der Waals surface area contributed by atoms with Gasteiger partial charge in [0.2, 0.25) is 0 Å². The molecular formula is C13H17F3N2O. The molecule has 0 aliphatic carbocycles. The maximum Gasteiger partial charge on any atom is 0.416 e. The maximum absolute atomic E-state index is 12.6. The van der Waals surface area contributed by atoms with Crippen LogP contribution in [0.2, 0.25) is 0 Å². The molecule has 0 spiro atoms. The van der Waals surface area contributed by atoms with Gasteiger partial charge in [-0.3, -0.25) is 0 Å². The van der Waals surface area contributed by atoms with Crippen molar-refractivity contribution in [2.75, 3.05) is 18.0 Å². The highest BCUT2D eigenvalue weighted by atomic mass is 19.4. The Kier molecular flexibility index (Phi) is 3.49. The first-order valence-electron chi connectivity index (χ1n) is 6.10. The molecule has 0 amide bonds. The molecule has 1 aromatic rings. The van der Waals surface area contributed by atoms with Gasteiger partial charge in [-0.25, -0.2) is 0 Å². The number of aliphatic hydroxyl groups is 1. The van der Waals surface area contributed by atoms with E-state index >= 15 is 0 Å². The number of hydrogen-bond donors (Lipinski definition) is 2. The average molecular weight is 274 g/mol. The minimum absolute atomic E-state index is 0.0396. The highest BCUT2D eigenvalue weighted by Crippen LogP contribution is 2.34. The fourth-order valence-electron chi connectivity index (χ4n) is 2.38. The Morgan fingerprint density at radius 1 is 1.42 bits per heavy atom. The van der Waals surface area contributed by atoms with E-state index in [0.717, 1.165) is 12.1 Å². The van der Waals surface area contributed by atoms with E-state index in [1.54, 1.807) is 6.92 Å². The lowest BCUT2D eigenvalue weighted by atomic mass is 10.1. The second-order valence-corrected chi connectivity index (χ2v) is 5.21. The van der Waals surface area contributed by atoms with Crippen molar-refractivity contribution < 1.29 is 18.3 Å². The SMILES string of the molecule is CC1(O)CCN(c2ccc(C(F)(F)F)cc2CN)C1. The first kappa shape index (κ1) is 14.1. The Bertz CT molecular complexity index is 471. The van der Waals surface area contributed by atoms with Crippen LogP contribution >= 0.6 is 0 Å². The van der Waals surface area contributed by atoms with E-state index in [-0.39, 0.29) is 6.54 Å². The molecule has 3 nitrogen and oxygen atoms in total. The van der Waals surface area contributed by atoms with Gasteiger partial charge < -0.3 is 15.7 Å². The monoisotopic (exact) mass is 274 g/mol. The largest absolute Gasteiger partial charge is 0.416 e. The van der Waals surface area contributed by atoms with E-state index in [1.165, 1.54) is 6.07 Å². The van der Waals surface area contributed by atoms with Gasteiger partial charge in [-0.1, -0.05) is 0 Å². The summed E-state index contributed by atoms with van der Waals surface area (Å²) in [5, 5.41) is 9.92. The molecule has 0 radical (unpaired) electrons. The summed E-state index contributed by atoms with van der Waals surface area (Å²) in [6.45, 7) is 2.79. The molecule has 0 aromatic heterocycles. The van der Waals surface area contributed by atoms with Crippen molar-refractivity contribution in [2.45, 2.75) is 31.7 Å². The van der Waals surface area contributed by atoms with Crippen molar-refractivity contribution in [1.29, 1.82) is 0 Å². The molecule has 1 aliphatic heterocycles. The van der Waals surface area contributed by atoms with E-state index in [0.29, 0.717) is 30.8 Å². The Hall–Kier alpha value is -1.27. The quantitative estimate of drug-likeness (QED) is 0.868. The molecule has 0 saturated carbocycles. The van der Waals surface area contributed by atoms with Crippen LogP contribution in [-0.4, -0.2) is 23.8 Å². The summed E-state index contributed by atoms with van der Waals surface area (Å²) in [4.78, 5) is 1.88. The number of nitrogens with two attached hydrogens (primary N) is 1. The van der Waals surface area contributed by atoms with Crippen molar-refractivity contribution in [3.63, 3.8) is 0 Å². The van der Waals surface area contributed by atoms with Crippen molar-refractivity contribution in [3.8, 4) is 0 Å². The number of nitrogens with zero attached hydrogens (tertiary/aromatic N) is 1. The van der Waals surface area contributed by atoms with E-state index < -0.39 is 17.3 Å². The number of anilines is 1. The molecule has 2 rings (SSSR count). The van der Waals surface area contributed by atoms with Crippen molar-refractivity contribution in [3.05, 3.63) is 29.3 Å². The first-order valence-corrected chi connectivity index (χ1v) is 6.10. The molecule has 3 N–H and O–H groups in total. The molecule has 1 fully saturated rings. The van der Waals surface area contributed by atoms with Gasteiger partial charge in [0.05, 0.1) is 11.2 Å². The molecule has 1 heterocycles. The van der Waals surface area contributed by atoms with Crippen LogP contribution in [0.4, 0.5) is 18.9 Å². The molecular weight excluding hydrogens is 257 g/mol. The Labute approximate surface area is 109 Å². The van der Waals surface area contributed by atoms with Gasteiger partial charge in [0.15, 0.2) is 0 Å². The maximum atomic E-state index is 12.6. The molecule has 1 atom stereocenters. The third-order valence-electron chi connectivity index (χ3n) is 3.42. The van der Waals surface area contributed by atoms with Crippen LogP contribution < -0.4 is 10.6 Å². The highest BCUT2D eigenvalue weighted by molar-refractivity contribution is 5.56. The van der Waals surface area contributed by atoms with Gasteiger partial charge in [0, 0.05) is 25.3 Å². The summed E-state index contributed by atoms with van der Waals surface area (Å²) >= 11 is 0. The van der Waals surface area contributed by atoms with Crippen LogP contribution in [-0.2, 0) is 12.7 Å². The Balaban J connectivity index is 2.32. The lowest BCUT2D eigenvalue weighted by Gasteiger charge is -2.24. The molecule has 106 valence electrons. The number of alkyl halides is 3. The molecule has 1 aromatic carbocycles.